The molecule has 0 spiro atoms. The Bertz CT molecular complexity index is 774. The van der Waals surface area contributed by atoms with Crippen molar-refractivity contribution in [1.82, 2.24) is 14.8 Å². The fourth-order valence-electron chi connectivity index (χ4n) is 2.47. The summed E-state index contributed by atoms with van der Waals surface area (Å²) in [5.74, 6) is 0. The first-order chi connectivity index (χ1) is 10.2. The Morgan fingerprint density at radius 3 is 2.76 bits per heavy atom. The molecule has 0 amide bonds. The zero-order chi connectivity index (χ0) is 14.8. The Hall–Kier alpha value is -2.46. The average molecular weight is 278 g/mol. The molecular formula is C17H18N4. The van der Waals surface area contributed by atoms with Crippen molar-refractivity contribution < 1.29 is 0 Å². The summed E-state index contributed by atoms with van der Waals surface area (Å²) in [6, 6.07) is 12.3. The molecule has 0 saturated carbocycles. The minimum atomic E-state index is 0.532. The molecular weight excluding hydrogens is 260 g/mol. The lowest BCUT2D eigenvalue weighted by molar-refractivity contribution is 0.771. The standard InChI is InChI=1S/C17H18N4/c1-12-8-14(6-7-19-12)16-11-21(2)20-17(16)15-5-3-4-13(9-15)10-18/h3-9,11H,10,18H2,1-2H3. The van der Waals surface area contributed by atoms with Gasteiger partial charge in [0, 0.05) is 42.8 Å². The van der Waals surface area contributed by atoms with Gasteiger partial charge in [-0.3, -0.25) is 9.67 Å². The summed E-state index contributed by atoms with van der Waals surface area (Å²) in [5.41, 5.74) is 12.1. The Morgan fingerprint density at radius 1 is 1.14 bits per heavy atom. The van der Waals surface area contributed by atoms with Gasteiger partial charge >= 0.3 is 0 Å². The lowest BCUT2D eigenvalue weighted by atomic mass is 10.0. The number of nitrogens with two attached hydrogens (primary N) is 1. The molecule has 0 aliphatic carbocycles. The number of rotatable bonds is 3. The van der Waals surface area contributed by atoms with Crippen LogP contribution in [0.15, 0.2) is 48.8 Å². The van der Waals surface area contributed by atoms with Crippen LogP contribution in [0.4, 0.5) is 0 Å². The van der Waals surface area contributed by atoms with Crippen LogP contribution in [0.3, 0.4) is 0 Å². The molecule has 106 valence electrons. The summed E-state index contributed by atoms with van der Waals surface area (Å²) in [5, 5.41) is 4.62. The van der Waals surface area contributed by atoms with Crippen molar-refractivity contribution in [2.45, 2.75) is 13.5 Å². The van der Waals surface area contributed by atoms with Crippen LogP contribution in [0.1, 0.15) is 11.3 Å². The Labute approximate surface area is 124 Å². The second-order valence-corrected chi connectivity index (χ2v) is 5.16. The second kappa shape index (κ2) is 5.50. The van der Waals surface area contributed by atoms with E-state index >= 15 is 0 Å². The number of hydrogen-bond acceptors (Lipinski definition) is 3. The number of aromatic nitrogens is 3. The van der Waals surface area contributed by atoms with E-state index in [0.717, 1.165) is 33.6 Å². The van der Waals surface area contributed by atoms with Crippen molar-refractivity contribution in [2.24, 2.45) is 12.8 Å². The zero-order valence-electron chi connectivity index (χ0n) is 12.2. The van der Waals surface area contributed by atoms with Crippen LogP contribution in [0.5, 0.6) is 0 Å². The van der Waals surface area contributed by atoms with Crippen LogP contribution in [0, 0.1) is 6.92 Å². The first-order valence-electron chi connectivity index (χ1n) is 6.93. The third-order valence-corrected chi connectivity index (χ3v) is 3.47. The third-order valence-electron chi connectivity index (χ3n) is 3.47. The van der Waals surface area contributed by atoms with E-state index in [2.05, 4.69) is 28.3 Å². The van der Waals surface area contributed by atoms with Crippen LogP contribution in [-0.2, 0) is 13.6 Å². The van der Waals surface area contributed by atoms with Gasteiger partial charge in [0.1, 0.15) is 5.69 Å². The van der Waals surface area contributed by atoms with Crippen LogP contribution in [0.2, 0.25) is 0 Å². The molecule has 3 rings (SSSR count). The zero-order valence-corrected chi connectivity index (χ0v) is 12.2. The first-order valence-corrected chi connectivity index (χ1v) is 6.93. The Balaban J connectivity index is 2.15. The number of hydrogen-bond donors (Lipinski definition) is 1. The number of pyridine rings is 1. The van der Waals surface area contributed by atoms with Gasteiger partial charge in [-0.25, -0.2) is 0 Å². The van der Waals surface area contributed by atoms with E-state index < -0.39 is 0 Å². The van der Waals surface area contributed by atoms with Gasteiger partial charge in [-0.05, 0) is 36.2 Å². The molecule has 0 saturated heterocycles. The van der Waals surface area contributed by atoms with Gasteiger partial charge in [0.15, 0.2) is 0 Å². The molecule has 0 bridgehead atoms. The van der Waals surface area contributed by atoms with E-state index in [0.29, 0.717) is 6.54 Å². The van der Waals surface area contributed by atoms with E-state index in [1.807, 2.05) is 49.2 Å². The van der Waals surface area contributed by atoms with E-state index in [1.165, 1.54) is 0 Å². The summed E-state index contributed by atoms with van der Waals surface area (Å²) in [6.07, 6.45) is 3.87. The maximum atomic E-state index is 5.74. The van der Waals surface area contributed by atoms with E-state index in [9.17, 15) is 0 Å². The van der Waals surface area contributed by atoms with Gasteiger partial charge in [0.2, 0.25) is 0 Å². The molecule has 0 fully saturated rings. The molecule has 1 aromatic carbocycles. The maximum absolute atomic E-state index is 5.74. The fraction of sp³-hybridized carbons (Fsp3) is 0.176. The molecule has 4 nitrogen and oxygen atoms in total. The molecule has 0 radical (unpaired) electrons. The summed E-state index contributed by atoms with van der Waals surface area (Å²) < 4.78 is 1.84. The van der Waals surface area contributed by atoms with E-state index in [4.69, 9.17) is 5.73 Å². The molecule has 2 heterocycles. The van der Waals surface area contributed by atoms with Gasteiger partial charge in [0.05, 0.1) is 0 Å². The minimum absolute atomic E-state index is 0.532. The highest BCUT2D eigenvalue weighted by Crippen LogP contribution is 2.31. The highest BCUT2D eigenvalue weighted by Gasteiger charge is 2.12. The highest BCUT2D eigenvalue weighted by molar-refractivity contribution is 5.80. The summed E-state index contributed by atoms with van der Waals surface area (Å²) >= 11 is 0. The molecule has 2 aromatic heterocycles. The SMILES string of the molecule is Cc1cc(-c2cn(C)nc2-c2cccc(CN)c2)ccn1. The average Bonchev–Trinajstić information content (AvgIpc) is 2.89. The van der Waals surface area contributed by atoms with Crippen LogP contribution in [0.25, 0.3) is 22.4 Å². The van der Waals surface area contributed by atoms with E-state index in [-0.39, 0.29) is 0 Å². The van der Waals surface area contributed by atoms with Crippen LogP contribution < -0.4 is 5.73 Å². The predicted octanol–water partition coefficient (Wildman–Crippen LogP) is 2.92. The summed E-state index contributed by atoms with van der Waals surface area (Å²) in [7, 11) is 1.94. The first kappa shape index (κ1) is 13.5. The molecule has 0 aliphatic rings. The summed E-state index contributed by atoms with van der Waals surface area (Å²) in [4.78, 5) is 4.26. The van der Waals surface area contributed by atoms with Crippen LogP contribution in [-0.4, -0.2) is 14.8 Å². The third kappa shape index (κ3) is 2.71. The number of nitrogens with zero attached hydrogens (tertiary/aromatic N) is 3. The van der Waals surface area contributed by atoms with Gasteiger partial charge in [-0.15, -0.1) is 0 Å². The molecule has 4 heteroatoms. The maximum Gasteiger partial charge on any atom is 0.100 e. The monoisotopic (exact) mass is 278 g/mol. The lowest BCUT2D eigenvalue weighted by Gasteiger charge is -2.05. The highest BCUT2D eigenvalue weighted by atomic mass is 15.2. The predicted molar refractivity (Wildman–Crippen MR) is 84.5 cm³/mol. The van der Waals surface area contributed by atoms with Gasteiger partial charge in [0.25, 0.3) is 0 Å². The van der Waals surface area contributed by atoms with Crippen LogP contribution >= 0.6 is 0 Å². The van der Waals surface area contributed by atoms with Gasteiger partial charge < -0.3 is 5.73 Å². The largest absolute Gasteiger partial charge is 0.326 e. The fourth-order valence-corrected chi connectivity index (χ4v) is 2.47. The van der Waals surface area contributed by atoms with E-state index in [1.54, 1.807) is 0 Å². The molecule has 2 N–H and O–H groups in total. The minimum Gasteiger partial charge on any atom is -0.326 e. The van der Waals surface area contributed by atoms with Crippen molar-refractivity contribution in [3.8, 4) is 22.4 Å². The second-order valence-electron chi connectivity index (χ2n) is 5.16. The topological polar surface area (TPSA) is 56.7 Å². The van der Waals surface area contributed by atoms with Crippen molar-refractivity contribution in [1.29, 1.82) is 0 Å². The van der Waals surface area contributed by atoms with Gasteiger partial charge in [-0.2, -0.15) is 5.10 Å². The summed E-state index contributed by atoms with van der Waals surface area (Å²) in [6.45, 7) is 2.53. The lowest BCUT2D eigenvalue weighted by Crippen LogP contribution is -1.96. The smallest absolute Gasteiger partial charge is 0.100 e. The molecule has 0 aliphatic heterocycles. The number of benzene rings is 1. The molecule has 21 heavy (non-hydrogen) atoms. The van der Waals surface area contributed by atoms with Crippen molar-refractivity contribution in [3.05, 3.63) is 60.0 Å². The van der Waals surface area contributed by atoms with Gasteiger partial charge in [-0.1, -0.05) is 18.2 Å². The van der Waals surface area contributed by atoms with Crippen molar-refractivity contribution in [2.75, 3.05) is 0 Å². The normalized spacial score (nSPS) is 10.8. The molecule has 0 unspecified atom stereocenters. The quantitative estimate of drug-likeness (QED) is 0.801. The molecule has 3 aromatic rings. The Kier molecular flexibility index (Phi) is 3.54. The number of aryl methyl sites for hydroxylation is 2. The van der Waals surface area contributed by atoms with Crippen molar-refractivity contribution in [3.63, 3.8) is 0 Å². The Morgan fingerprint density at radius 2 is 2.00 bits per heavy atom. The van der Waals surface area contributed by atoms with Crippen molar-refractivity contribution >= 4 is 0 Å². The molecule has 0 atom stereocenters.